The Balaban J connectivity index is 0.00000361. The van der Waals surface area contributed by atoms with Crippen LogP contribution < -0.4 is 5.32 Å². The lowest BCUT2D eigenvalue weighted by Gasteiger charge is -2.22. The number of hydrogen-bond donors (Lipinski definition) is 1. The standard InChI is InChI=1S/C14H22ClN3S.HI/c1-16-14(17-9-4-10-19-3)18(2)11-12-5-7-13(15)8-6-12;/h5-8H,4,9-11H2,1-3H3,(H,16,17);1H. The van der Waals surface area contributed by atoms with Gasteiger partial charge in [0, 0.05) is 32.2 Å². The van der Waals surface area contributed by atoms with E-state index in [0.29, 0.717) is 0 Å². The van der Waals surface area contributed by atoms with Crippen molar-refractivity contribution in [1.29, 1.82) is 0 Å². The van der Waals surface area contributed by atoms with Gasteiger partial charge in [0.25, 0.3) is 0 Å². The van der Waals surface area contributed by atoms with Crippen LogP contribution in [0.15, 0.2) is 29.3 Å². The van der Waals surface area contributed by atoms with E-state index < -0.39 is 0 Å². The number of nitrogens with zero attached hydrogens (tertiary/aromatic N) is 2. The summed E-state index contributed by atoms with van der Waals surface area (Å²) in [5, 5.41) is 4.14. The quantitative estimate of drug-likeness (QED) is 0.324. The highest BCUT2D eigenvalue weighted by Gasteiger charge is 2.05. The Bertz CT molecular complexity index is 398. The number of thioether (sulfide) groups is 1. The van der Waals surface area contributed by atoms with Crippen molar-refractivity contribution in [2.75, 3.05) is 32.6 Å². The SMILES string of the molecule is CN=C(NCCCSC)N(C)Cc1ccc(Cl)cc1.I. The monoisotopic (exact) mass is 427 g/mol. The van der Waals surface area contributed by atoms with Crippen molar-refractivity contribution in [3.63, 3.8) is 0 Å². The van der Waals surface area contributed by atoms with E-state index in [9.17, 15) is 0 Å². The molecule has 1 N–H and O–H groups in total. The summed E-state index contributed by atoms with van der Waals surface area (Å²) >= 11 is 7.75. The number of guanidine groups is 1. The van der Waals surface area contributed by atoms with E-state index in [4.69, 9.17) is 11.6 Å². The van der Waals surface area contributed by atoms with Crippen molar-refractivity contribution < 1.29 is 0 Å². The third-order valence-electron chi connectivity index (χ3n) is 2.71. The summed E-state index contributed by atoms with van der Waals surface area (Å²) in [4.78, 5) is 6.41. The molecule has 0 amide bonds. The van der Waals surface area contributed by atoms with Crippen molar-refractivity contribution in [3.05, 3.63) is 34.9 Å². The van der Waals surface area contributed by atoms with Gasteiger partial charge in [-0.2, -0.15) is 11.8 Å². The van der Waals surface area contributed by atoms with Gasteiger partial charge in [-0.25, -0.2) is 0 Å². The summed E-state index contributed by atoms with van der Waals surface area (Å²) in [5.74, 6) is 2.10. The van der Waals surface area contributed by atoms with Crippen LogP contribution in [0, 0.1) is 0 Å². The molecule has 0 heterocycles. The van der Waals surface area contributed by atoms with Gasteiger partial charge in [-0.3, -0.25) is 4.99 Å². The molecule has 0 bridgehead atoms. The molecule has 0 aliphatic heterocycles. The van der Waals surface area contributed by atoms with Crippen molar-refractivity contribution in [1.82, 2.24) is 10.2 Å². The molecule has 0 spiro atoms. The molecule has 0 saturated carbocycles. The Morgan fingerprint density at radius 3 is 2.55 bits per heavy atom. The molecule has 0 fully saturated rings. The Kier molecular flexibility index (Phi) is 11.4. The fourth-order valence-electron chi connectivity index (χ4n) is 1.74. The second-order valence-electron chi connectivity index (χ2n) is 4.30. The van der Waals surface area contributed by atoms with E-state index in [1.54, 1.807) is 0 Å². The van der Waals surface area contributed by atoms with Crippen LogP contribution in [0.5, 0.6) is 0 Å². The molecule has 0 unspecified atom stereocenters. The van der Waals surface area contributed by atoms with Crippen LogP contribution in [0.4, 0.5) is 0 Å². The Morgan fingerprint density at radius 2 is 2.00 bits per heavy atom. The zero-order valence-corrected chi connectivity index (χ0v) is 16.1. The second-order valence-corrected chi connectivity index (χ2v) is 5.72. The molecule has 0 aliphatic rings. The van der Waals surface area contributed by atoms with Crippen LogP contribution in [-0.2, 0) is 6.54 Å². The van der Waals surface area contributed by atoms with E-state index in [0.717, 1.165) is 30.5 Å². The van der Waals surface area contributed by atoms with Gasteiger partial charge in [0.2, 0.25) is 0 Å². The molecule has 6 heteroatoms. The average molecular weight is 428 g/mol. The topological polar surface area (TPSA) is 27.6 Å². The van der Waals surface area contributed by atoms with Crippen LogP contribution >= 0.6 is 47.3 Å². The van der Waals surface area contributed by atoms with E-state index in [-0.39, 0.29) is 24.0 Å². The zero-order chi connectivity index (χ0) is 14.1. The first-order valence-electron chi connectivity index (χ1n) is 6.32. The van der Waals surface area contributed by atoms with Crippen molar-refractivity contribution >= 4 is 53.3 Å². The Hall–Kier alpha value is -0.140. The van der Waals surface area contributed by atoms with Gasteiger partial charge in [0.05, 0.1) is 0 Å². The molecule has 0 atom stereocenters. The fraction of sp³-hybridized carbons (Fsp3) is 0.500. The molecular formula is C14H23ClIN3S. The summed E-state index contributed by atoms with van der Waals surface area (Å²) in [6.45, 7) is 1.78. The number of rotatable bonds is 6. The largest absolute Gasteiger partial charge is 0.356 e. The molecule has 20 heavy (non-hydrogen) atoms. The minimum absolute atomic E-state index is 0. The molecule has 0 saturated heterocycles. The molecule has 1 rings (SSSR count). The number of nitrogens with one attached hydrogen (secondary N) is 1. The molecule has 3 nitrogen and oxygen atoms in total. The number of benzene rings is 1. The summed E-state index contributed by atoms with van der Waals surface area (Å²) < 4.78 is 0. The lowest BCUT2D eigenvalue weighted by Crippen LogP contribution is -2.39. The lowest BCUT2D eigenvalue weighted by atomic mass is 10.2. The van der Waals surface area contributed by atoms with Crippen molar-refractivity contribution in [2.45, 2.75) is 13.0 Å². The van der Waals surface area contributed by atoms with Crippen LogP contribution in [-0.4, -0.2) is 43.5 Å². The predicted molar refractivity (Wildman–Crippen MR) is 103 cm³/mol. The van der Waals surface area contributed by atoms with E-state index in [2.05, 4.69) is 21.5 Å². The molecule has 1 aromatic rings. The third kappa shape index (κ3) is 7.59. The molecular weight excluding hydrogens is 405 g/mol. The normalized spacial score (nSPS) is 10.9. The zero-order valence-electron chi connectivity index (χ0n) is 12.2. The van der Waals surface area contributed by atoms with Gasteiger partial charge in [-0.15, -0.1) is 24.0 Å². The predicted octanol–water partition coefficient (Wildman–Crippen LogP) is 3.72. The maximum atomic E-state index is 5.88. The summed E-state index contributed by atoms with van der Waals surface area (Å²) in [5.41, 5.74) is 1.22. The van der Waals surface area contributed by atoms with E-state index in [1.165, 1.54) is 11.3 Å². The lowest BCUT2D eigenvalue weighted by molar-refractivity contribution is 0.477. The first-order chi connectivity index (χ1) is 9.17. The smallest absolute Gasteiger partial charge is 0.193 e. The third-order valence-corrected chi connectivity index (χ3v) is 3.66. The summed E-state index contributed by atoms with van der Waals surface area (Å²) in [6.07, 6.45) is 3.27. The highest BCUT2D eigenvalue weighted by molar-refractivity contribution is 14.0. The van der Waals surface area contributed by atoms with Crippen LogP contribution in [0.1, 0.15) is 12.0 Å². The van der Waals surface area contributed by atoms with Gasteiger partial charge >= 0.3 is 0 Å². The maximum Gasteiger partial charge on any atom is 0.193 e. The van der Waals surface area contributed by atoms with Crippen LogP contribution in [0.3, 0.4) is 0 Å². The van der Waals surface area contributed by atoms with Gasteiger partial charge in [0.15, 0.2) is 5.96 Å². The first kappa shape index (κ1) is 19.9. The summed E-state index contributed by atoms with van der Waals surface area (Å²) in [6, 6.07) is 7.92. The van der Waals surface area contributed by atoms with Gasteiger partial charge in [0.1, 0.15) is 0 Å². The van der Waals surface area contributed by atoms with Crippen LogP contribution in [0.25, 0.3) is 0 Å². The fourth-order valence-corrected chi connectivity index (χ4v) is 2.30. The summed E-state index contributed by atoms with van der Waals surface area (Å²) in [7, 11) is 3.85. The molecule has 0 radical (unpaired) electrons. The Labute approximate surface area is 148 Å². The van der Waals surface area contributed by atoms with Crippen molar-refractivity contribution in [2.24, 2.45) is 4.99 Å². The minimum Gasteiger partial charge on any atom is -0.356 e. The highest BCUT2D eigenvalue weighted by atomic mass is 127. The number of halogens is 2. The molecule has 1 aromatic carbocycles. The van der Waals surface area contributed by atoms with Gasteiger partial charge in [-0.1, -0.05) is 23.7 Å². The second kappa shape index (κ2) is 11.5. The molecule has 0 aliphatic carbocycles. The maximum absolute atomic E-state index is 5.88. The van der Waals surface area contributed by atoms with E-state index in [1.807, 2.05) is 50.1 Å². The van der Waals surface area contributed by atoms with Crippen LogP contribution in [0.2, 0.25) is 5.02 Å². The van der Waals surface area contributed by atoms with E-state index >= 15 is 0 Å². The average Bonchev–Trinajstić information content (AvgIpc) is 2.41. The first-order valence-corrected chi connectivity index (χ1v) is 8.09. The number of aliphatic imine (C=N–C) groups is 1. The highest BCUT2D eigenvalue weighted by Crippen LogP contribution is 2.10. The van der Waals surface area contributed by atoms with Crippen molar-refractivity contribution in [3.8, 4) is 0 Å². The molecule has 0 aromatic heterocycles. The Morgan fingerprint density at radius 1 is 1.35 bits per heavy atom. The minimum atomic E-state index is 0. The number of hydrogen-bond acceptors (Lipinski definition) is 2. The van der Waals surface area contributed by atoms with Gasteiger partial charge < -0.3 is 10.2 Å². The molecule has 114 valence electrons. The van der Waals surface area contributed by atoms with Gasteiger partial charge in [-0.05, 0) is 36.1 Å².